The van der Waals surface area contributed by atoms with E-state index in [2.05, 4.69) is 10.1 Å². The first-order valence-corrected chi connectivity index (χ1v) is 6.25. The molecule has 7 heteroatoms. The second-order valence-corrected chi connectivity index (χ2v) is 4.72. The highest BCUT2D eigenvalue weighted by Gasteiger charge is 2.38. The highest BCUT2D eigenvalue weighted by atomic mass is 16.6. The van der Waals surface area contributed by atoms with Gasteiger partial charge in [0.25, 0.3) is 5.69 Å². The monoisotopic (exact) mass is 290 g/mol. The van der Waals surface area contributed by atoms with Gasteiger partial charge in [-0.1, -0.05) is 18.2 Å². The van der Waals surface area contributed by atoms with Crippen molar-refractivity contribution in [3.8, 4) is 0 Å². The van der Waals surface area contributed by atoms with Crippen LogP contribution in [0.5, 0.6) is 0 Å². The quantitative estimate of drug-likeness (QED) is 0.393. The Morgan fingerprint density at radius 2 is 2.14 bits per heavy atom. The van der Waals surface area contributed by atoms with Crippen LogP contribution in [0.3, 0.4) is 0 Å². The number of non-ortho nitro benzene ring substituents is 1. The van der Waals surface area contributed by atoms with Crippen molar-refractivity contribution in [3.05, 3.63) is 51.7 Å². The van der Waals surface area contributed by atoms with E-state index in [1.807, 2.05) is 0 Å². The number of nitro benzene ring substituents is 1. The molecule has 0 bridgehead atoms. The van der Waals surface area contributed by atoms with E-state index >= 15 is 0 Å². The molecular weight excluding hydrogens is 276 g/mol. The van der Waals surface area contributed by atoms with Crippen molar-refractivity contribution < 1.29 is 19.2 Å². The zero-order valence-electron chi connectivity index (χ0n) is 11.5. The molecule has 2 atom stereocenters. The van der Waals surface area contributed by atoms with Gasteiger partial charge in [0.05, 0.1) is 12.0 Å². The van der Waals surface area contributed by atoms with Crippen LogP contribution in [0.25, 0.3) is 0 Å². The first-order chi connectivity index (χ1) is 9.93. The molecule has 1 amide bonds. The minimum absolute atomic E-state index is 0.0897. The number of allylic oxidation sites excluding steroid dienone is 2. The molecule has 2 rings (SSSR count). The molecule has 1 aromatic carbocycles. The molecule has 1 N–H and O–H groups in total. The van der Waals surface area contributed by atoms with E-state index < -0.39 is 28.6 Å². The Hall–Kier alpha value is -2.70. The Morgan fingerprint density at radius 3 is 2.76 bits per heavy atom. The van der Waals surface area contributed by atoms with Crippen LogP contribution in [0.4, 0.5) is 5.69 Å². The topological polar surface area (TPSA) is 98.5 Å². The first-order valence-electron chi connectivity index (χ1n) is 6.25. The number of carbonyl (C=O) groups is 2. The number of amides is 1. The van der Waals surface area contributed by atoms with Crippen molar-refractivity contribution in [1.82, 2.24) is 5.32 Å². The number of hydrogen-bond acceptors (Lipinski definition) is 5. The summed E-state index contributed by atoms with van der Waals surface area (Å²) in [5, 5.41) is 13.4. The lowest BCUT2D eigenvalue weighted by atomic mass is 9.82. The standard InChI is InChI=1S/C14H14N2O5/c1-8-6-11(12(13(17)15-8)14(18)21-2)9-4-3-5-10(7-9)16(19)20/h3-7,11-12H,1-2H3,(H,15,17). The summed E-state index contributed by atoms with van der Waals surface area (Å²) in [5.74, 6) is -2.79. The highest BCUT2D eigenvalue weighted by molar-refractivity contribution is 6.00. The molecule has 0 radical (unpaired) electrons. The number of nitrogens with one attached hydrogen (secondary N) is 1. The van der Waals surface area contributed by atoms with Gasteiger partial charge >= 0.3 is 5.97 Å². The number of carbonyl (C=O) groups excluding carboxylic acids is 2. The van der Waals surface area contributed by atoms with E-state index in [9.17, 15) is 19.7 Å². The fourth-order valence-electron chi connectivity index (χ4n) is 2.36. The van der Waals surface area contributed by atoms with Gasteiger partial charge in [0.15, 0.2) is 0 Å². The van der Waals surface area contributed by atoms with Crippen LogP contribution in [-0.2, 0) is 14.3 Å². The summed E-state index contributed by atoms with van der Waals surface area (Å²) in [4.78, 5) is 34.2. The molecule has 1 aliphatic heterocycles. The van der Waals surface area contributed by atoms with Gasteiger partial charge < -0.3 is 10.1 Å². The molecule has 0 aliphatic carbocycles. The number of rotatable bonds is 3. The number of esters is 1. The summed E-state index contributed by atoms with van der Waals surface area (Å²) in [7, 11) is 1.20. The highest BCUT2D eigenvalue weighted by Crippen LogP contribution is 2.33. The Balaban J connectivity index is 2.49. The van der Waals surface area contributed by atoms with E-state index in [4.69, 9.17) is 0 Å². The average Bonchev–Trinajstić information content (AvgIpc) is 2.45. The Kier molecular flexibility index (Phi) is 4.02. The summed E-state index contributed by atoms with van der Waals surface area (Å²) in [6.45, 7) is 1.69. The van der Waals surface area contributed by atoms with Crippen molar-refractivity contribution in [2.24, 2.45) is 5.92 Å². The van der Waals surface area contributed by atoms with E-state index in [1.54, 1.807) is 19.1 Å². The SMILES string of the molecule is COC(=O)C1C(=O)NC(C)=CC1c1cccc([N+](=O)[O-])c1. The van der Waals surface area contributed by atoms with Crippen LogP contribution in [0, 0.1) is 16.0 Å². The Bertz CT molecular complexity index is 638. The van der Waals surface area contributed by atoms with Crippen molar-refractivity contribution in [1.29, 1.82) is 0 Å². The fraction of sp³-hybridized carbons (Fsp3) is 0.286. The molecular formula is C14H14N2O5. The van der Waals surface area contributed by atoms with Gasteiger partial charge in [-0.05, 0) is 12.5 Å². The summed E-state index contributed by atoms with van der Waals surface area (Å²) in [6, 6.07) is 5.90. The lowest BCUT2D eigenvalue weighted by molar-refractivity contribution is -0.384. The van der Waals surface area contributed by atoms with Gasteiger partial charge in [0.2, 0.25) is 5.91 Å². The van der Waals surface area contributed by atoms with Crippen LogP contribution in [-0.4, -0.2) is 23.9 Å². The van der Waals surface area contributed by atoms with Gasteiger partial charge in [-0.15, -0.1) is 0 Å². The zero-order valence-corrected chi connectivity index (χ0v) is 11.5. The predicted octanol–water partition coefficient (Wildman–Crippen LogP) is 1.50. The largest absolute Gasteiger partial charge is 0.468 e. The number of nitrogens with zero attached hydrogens (tertiary/aromatic N) is 1. The second-order valence-electron chi connectivity index (χ2n) is 4.72. The molecule has 110 valence electrons. The summed E-state index contributed by atoms with van der Waals surface area (Å²) in [6.07, 6.45) is 1.70. The molecule has 1 heterocycles. The third kappa shape index (κ3) is 2.91. The lowest BCUT2D eigenvalue weighted by Gasteiger charge is -2.27. The number of hydrogen-bond donors (Lipinski definition) is 1. The molecule has 1 aromatic rings. The Labute approximate surface area is 120 Å². The van der Waals surface area contributed by atoms with Crippen molar-refractivity contribution >= 4 is 17.6 Å². The molecule has 1 aliphatic rings. The van der Waals surface area contributed by atoms with Gasteiger partial charge in [-0.2, -0.15) is 0 Å². The number of methoxy groups -OCH3 is 1. The van der Waals surface area contributed by atoms with Crippen molar-refractivity contribution in [2.45, 2.75) is 12.8 Å². The normalized spacial score (nSPS) is 21.2. The molecule has 2 unspecified atom stereocenters. The summed E-state index contributed by atoms with van der Waals surface area (Å²) in [5.41, 5.74) is 1.03. The molecule has 0 saturated heterocycles. The van der Waals surface area contributed by atoms with Crippen LogP contribution in [0.15, 0.2) is 36.0 Å². The molecule has 0 fully saturated rings. The van der Waals surface area contributed by atoms with Gasteiger partial charge in [-0.25, -0.2) is 0 Å². The number of benzene rings is 1. The molecule has 0 spiro atoms. The molecule has 0 saturated carbocycles. The number of nitro groups is 1. The summed E-state index contributed by atoms with van der Waals surface area (Å²) < 4.78 is 4.66. The second kappa shape index (κ2) is 5.74. The number of ether oxygens (including phenoxy) is 1. The van der Waals surface area contributed by atoms with Gasteiger partial charge in [0, 0.05) is 23.7 Å². The lowest BCUT2D eigenvalue weighted by Crippen LogP contribution is -2.42. The maximum absolute atomic E-state index is 12.0. The average molecular weight is 290 g/mol. The fourth-order valence-corrected chi connectivity index (χ4v) is 2.36. The van der Waals surface area contributed by atoms with Crippen LogP contribution >= 0.6 is 0 Å². The van der Waals surface area contributed by atoms with E-state index in [0.29, 0.717) is 11.3 Å². The predicted molar refractivity (Wildman–Crippen MR) is 73.2 cm³/mol. The van der Waals surface area contributed by atoms with Crippen LogP contribution < -0.4 is 5.32 Å². The minimum Gasteiger partial charge on any atom is -0.468 e. The van der Waals surface area contributed by atoms with Gasteiger partial charge in [-0.3, -0.25) is 19.7 Å². The van der Waals surface area contributed by atoms with E-state index in [1.165, 1.54) is 25.3 Å². The first kappa shape index (κ1) is 14.7. The maximum atomic E-state index is 12.0. The Morgan fingerprint density at radius 1 is 1.43 bits per heavy atom. The smallest absolute Gasteiger partial charge is 0.319 e. The van der Waals surface area contributed by atoms with E-state index in [0.717, 1.165) is 0 Å². The van der Waals surface area contributed by atoms with Gasteiger partial charge in [0.1, 0.15) is 5.92 Å². The van der Waals surface area contributed by atoms with Crippen LogP contribution in [0.2, 0.25) is 0 Å². The third-order valence-corrected chi connectivity index (χ3v) is 3.31. The maximum Gasteiger partial charge on any atom is 0.319 e. The molecule has 7 nitrogen and oxygen atoms in total. The zero-order chi connectivity index (χ0) is 15.6. The van der Waals surface area contributed by atoms with Crippen molar-refractivity contribution in [2.75, 3.05) is 7.11 Å². The van der Waals surface area contributed by atoms with Crippen molar-refractivity contribution in [3.63, 3.8) is 0 Å². The molecule has 0 aromatic heterocycles. The molecule has 21 heavy (non-hydrogen) atoms. The van der Waals surface area contributed by atoms with Crippen LogP contribution in [0.1, 0.15) is 18.4 Å². The summed E-state index contributed by atoms with van der Waals surface area (Å²) >= 11 is 0. The van der Waals surface area contributed by atoms with E-state index in [-0.39, 0.29) is 5.69 Å². The minimum atomic E-state index is -1.05. The third-order valence-electron chi connectivity index (χ3n) is 3.31.